The lowest BCUT2D eigenvalue weighted by atomic mass is 9.41. The minimum Gasteiger partial charge on any atom is -0.393 e. The first-order valence-corrected chi connectivity index (χ1v) is 18.4. The van der Waals surface area contributed by atoms with Gasteiger partial charge in [0, 0.05) is 12.6 Å². The summed E-state index contributed by atoms with van der Waals surface area (Å²) in [5, 5.41) is 22.9. The third kappa shape index (κ3) is 5.46. The van der Waals surface area contributed by atoms with Crippen LogP contribution in [-0.2, 0) is 18.1 Å². The number of nitrogens with zero attached hydrogens (tertiary/aromatic N) is 1. The lowest BCUT2D eigenvalue weighted by molar-refractivity contribution is -0.203. The normalized spacial score (nSPS) is 47.7. The van der Waals surface area contributed by atoms with Crippen LogP contribution in [0.5, 0.6) is 0 Å². The van der Waals surface area contributed by atoms with E-state index in [-0.39, 0.29) is 29.0 Å². The Morgan fingerprint density at radius 2 is 1.88 bits per heavy atom. The molecule has 0 spiro atoms. The summed E-state index contributed by atoms with van der Waals surface area (Å²) >= 11 is 6.06. The van der Waals surface area contributed by atoms with E-state index in [4.69, 9.17) is 25.2 Å². The molecule has 6 rings (SSSR count). The van der Waals surface area contributed by atoms with Gasteiger partial charge in [-0.1, -0.05) is 45.7 Å². The minimum atomic E-state index is -3.66. The van der Waals surface area contributed by atoms with Crippen molar-refractivity contribution < 1.29 is 28.3 Å². The molecule has 0 radical (unpaired) electrons. The van der Waals surface area contributed by atoms with Gasteiger partial charge < -0.3 is 10.2 Å². The topological polar surface area (TPSA) is 98.1 Å². The highest BCUT2D eigenvalue weighted by atomic mass is 35.5. The Morgan fingerprint density at radius 3 is 2.64 bits per heavy atom. The van der Waals surface area contributed by atoms with Crippen molar-refractivity contribution in [3.8, 4) is 0 Å². The van der Waals surface area contributed by atoms with Gasteiger partial charge in [-0.2, -0.15) is 0 Å². The minimum absolute atomic E-state index is 0.186. The van der Waals surface area contributed by atoms with Crippen molar-refractivity contribution in [3.05, 3.63) is 29.0 Å². The molecular weight excluding hydrogens is 573 g/mol. The van der Waals surface area contributed by atoms with E-state index in [0.717, 1.165) is 37.7 Å². The van der Waals surface area contributed by atoms with E-state index in [2.05, 4.69) is 32.7 Å². The van der Waals surface area contributed by atoms with Crippen LogP contribution in [0.2, 0.25) is 5.15 Å². The van der Waals surface area contributed by atoms with E-state index in [1.807, 2.05) is 6.07 Å². The number of rotatable bonds is 7. The number of aromatic nitrogens is 1. The molecule has 42 heavy (non-hydrogen) atoms. The van der Waals surface area contributed by atoms with E-state index < -0.39 is 13.9 Å². The zero-order valence-electron chi connectivity index (χ0n) is 25.8. The second-order valence-electron chi connectivity index (χ2n) is 14.8. The van der Waals surface area contributed by atoms with Gasteiger partial charge in [0.15, 0.2) is 0 Å². The van der Waals surface area contributed by atoms with Crippen LogP contribution in [0.25, 0.3) is 0 Å². The fraction of sp³-hybridized carbons (Fsp3) is 0.848. The number of aliphatic hydroxyl groups is 2. The quantitative estimate of drug-likeness (QED) is 0.235. The molecular formula is C33H51ClNO6P. The van der Waals surface area contributed by atoms with Crippen molar-refractivity contribution in [3.63, 3.8) is 0 Å². The smallest absolute Gasteiger partial charge is 0.393 e. The maximum absolute atomic E-state index is 13.4. The maximum atomic E-state index is 13.4. The highest BCUT2D eigenvalue weighted by Crippen LogP contribution is 2.69. The van der Waals surface area contributed by atoms with E-state index in [0.29, 0.717) is 60.3 Å². The number of halogens is 1. The summed E-state index contributed by atoms with van der Waals surface area (Å²) in [5.74, 6) is 3.04. The van der Waals surface area contributed by atoms with Crippen molar-refractivity contribution in [2.45, 2.75) is 110 Å². The van der Waals surface area contributed by atoms with Crippen LogP contribution in [0.3, 0.4) is 0 Å². The molecule has 13 atom stereocenters. The Kier molecular flexibility index (Phi) is 8.99. The molecule has 1 saturated heterocycles. The zero-order chi connectivity index (χ0) is 29.9. The SMILES string of the molecule is CC[C@@H]1C2C[C@H](O)CC[C@]2(C)C2CC[C@@]3(C)C(CC[C@@H]3[C@H](C)CCOP3(=O)OCC[C@@H](c4ccnc(Cl)c4)O3)C2[C@@H]1O. The summed E-state index contributed by atoms with van der Waals surface area (Å²) < 4.78 is 30.6. The molecule has 9 heteroatoms. The van der Waals surface area contributed by atoms with E-state index >= 15 is 0 Å². The molecule has 4 saturated carbocycles. The average Bonchev–Trinajstić information content (AvgIpc) is 3.31. The predicted molar refractivity (Wildman–Crippen MR) is 163 cm³/mol. The molecule has 5 fully saturated rings. The van der Waals surface area contributed by atoms with Gasteiger partial charge in [-0.15, -0.1) is 0 Å². The van der Waals surface area contributed by atoms with Gasteiger partial charge >= 0.3 is 7.82 Å². The highest BCUT2D eigenvalue weighted by molar-refractivity contribution is 7.48. The number of phosphoric acid groups is 1. The van der Waals surface area contributed by atoms with Gasteiger partial charge in [0.25, 0.3) is 0 Å². The molecule has 4 aliphatic carbocycles. The summed E-state index contributed by atoms with van der Waals surface area (Å²) in [5.41, 5.74) is 1.23. The Balaban J connectivity index is 1.10. The third-order valence-corrected chi connectivity index (χ3v) is 14.7. The predicted octanol–water partition coefficient (Wildman–Crippen LogP) is 7.99. The number of hydrogen-bond acceptors (Lipinski definition) is 7. The highest BCUT2D eigenvalue weighted by Gasteiger charge is 2.64. The van der Waals surface area contributed by atoms with Crippen molar-refractivity contribution in [2.75, 3.05) is 13.2 Å². The lowest BCUT2D eigenvalue weighted by Gasteiger charge is -2.64. The first kappa shape index (κ1) is 31.5. The van der Waals surface area contributed by atoms with Crippen molar-refractivity contribution in [1.82, 2.24) is 4.98 Å². The fourth-order valence-corrected chi connectivity index (χ4v) is 12.5. The third-order valence-electron chi connectivity index (χ3n) is 13.0. The average molecular weight is 624 g/mol. The summed E-state index contributed by atoms with van der Waals surface area (Å²) in [4.78, 5) is 4.03. The second kappa shape index (κ2) is 12.0. The molecule has 1 aliphatic heterocycles. The zero-order valence-corrected chi connectivity index (χ0v) is 27.4. The summed E-state index contributed by atoms with van der Waals surface area (Å²) in [6.45, 7) is 10.2. The molecule has 1 aromatic heterocycles. The summed E-state index contributed by atoms with van der Waals surface area (Å²) in [6.07, 6.45) is 10.7. The Labute approximate surface area is 257 Å². The fourth-order valence-electron chi connectivity index (χ4n) is 10.9. The molecule has 1 aromatic rings. The Hall–Kier alpha value is -0.530. The van der Waals surface area contributed by atoms with Gasteiger partial charge in [0.1, 0.15) is 5.15 Å². The first-order valence-electron chi connectivity index (χ1n) is 16.5. The van der Waals surface area contributed by atoms with Crippen LogP contribution >= 0.6 is 19.4 Å². The largest absolute Gasteiger partial charge is 0.475 e. The molecule has 0 bridgehead atoms. The van der Waals surface area contributed by atoms with Gasteiger partial charge in [-0.05, 0) is 121 Å². The van der Waals surface area contributed by atoms with Gasteiger partial charge in [-0.25, -0.2) is 9.55 Å². The van der Waals surface area contributed by atoms with Crippen LogP contribution in [0.4, 0.5) is 0 Å². The van der Waals surface area contributed by atoms with E-state index in [9.17, 15) is 14.8 Å². The number of hydrogen-bond donors (Lipinski definition) is 2. The molecule has 236 valence electrons. The maximum Gasteiger partial charge on any atom is 0.475 e. The molecule has 2 N–H and O–H groups in total. The molecule has 2 heterocycles. The van der Waals surface area contributed by atoms with E-state index in [1.54, 1.807) is 12.3 Å². The van der Waals surface area contributed by atoms with Crippen LogP contribution in [-0.4, -0.2) is 40.6 Å². The summed E-state index contributed by atoms with van der Waals surface area (Å²) in [6, 6.07) is 3.56. The second-order valence-corrected chi connectivity index (χ2v) is 16.8. The van der Waals surface area contributed by atoms with Crippen LogP contribution in [0.1, 0.15) is 104 Å². The lowest BCUT2D eigenvalue weighted by Crippen LogP contribution is -2.62. The Bertz CT molecular complexity index is 1170. The van der Waals surface area contributed by atoms with Crippen molar-refractivity contribution in [1.29, 1.82) is 0 Å². The molecule has 5 aliphatic rings. The molecule has 5 unspecified atom stereocenters. The van der Waals surface area contributed by atoms with Gasteiger partial charge in [0.05, 0.1) is 31.5 Å². The number of aliphatic hydroxyl groups excluding tert-OH is 2. The van der Waals surface area contributed by atoms with Crippen molar-refractivity contribution in [2.24, 2.45) is 52.3 Å². The van der Waals surface area contributed by atoms with Crippen LogP contribution < -0.4 is 0 Å². The van der Waals surface area contributed by atoms with Gasteiger partial charge in [0.2, 0.25) is 0 Å². The number of fused-ring (bicyclic) bond motifs is 5. The van der Waals surface area contributed by atoms with Crippen molar-refractivity contribution >= 4 is 19.4 Å². The summed E-state index contributed by atoms with van der Waals surface area (Å²) in [7, 11) is -3.66. The number of pyridine rings is 1. The standard InChI is InChI=1S/C33H51ClNO6P/c1-5-23-27-19-22(36)8-13-33(27,4)26-9-14-32(3)24(6-7-25(32)30(26)31(23)37)20(2)11-16-39-42(38)40-17-12-28(41-42)21-10-15-35-29(34)18-21/h10,15,18,20,22-28,30-31,36-37H,5-9,11-14,16-17,19H2,1-4H3/t20-,22-,23-,24-,25?,26?,27?,28+,30?,31-,32-,33-,42?/m1/s1. The van der Waals surface area contributed by atoms with Crippen LogP contribution in [0, 0.1) is 52.3 Å². The molecule has 7 nitrogen and oxygen atoms in total. The van der Waals surface area contributed by atoms with Gasteiger partial charge in [-0.3, -0.25) is 13.6 Å². The van der Waals surface area contributed by atoms with Crippen LogP contribution in [0.15, 0.2) is 18.3 Å². The first-order chi connectivity index (χ1) is 20.0. The monoisotopic (exact) mass is 623 g/mol. The Morgan fingerprint density at radius 1 is 1.12 bits per heavy atom. The number of phosphoric ester groups is 1. The molecule has 0 aromatic carbocycles. The van der Waals surface area contributed by atoms with E-state index in [1.165, 1.54) is 25.7 Å². The molecule has 0 amide bonds.